The lowest BCUT2D eigenvalue weighted by Gasteiger charge is -2.10. The second-order valence-corrected chi connectivity index (χ2v) is 6.02. The smallest absolute Gasteiger partial charge is 0.325 e. The summed E-state index contributed by atoms with van der Waals surface area (Å²) in [5, 5.41) is 12.2. The molecule has 9 heteroatoms. The maximum atomic E-state index is 11.9. The third-order valence-corrected chi connectivity index (χ3v) is 3.99. The second-order valence-electron chi connectivity index (χ2n) is 4.38. The average molecular weight is 289 g/mol. The van der Waals surface area contributed by atoms with E-state index in [4.69, 9.17) is 9.94 Å². The van der Waals surface area contributed by atoms with Crippen LogP contribution in [0.1, 0.15) is 25.7 Å². The van der Waals surface area contributed by atoms with Gasteiger partial charge in [0.05, 0.1) is 12.3 Å². The highest BCUT2D eigenvalue weighted by Crippen LogP contribution is 2.20. The third-order valence-electron chi connectivity index (χ3n) is 2.84. The SMILES string of the molecule is O=C(O)Cn1cc(S(=O)(=O)NOC2CCCC2)cn1. The van der Waals surface area contributed by atoms with Crippen LogP contribution in [0.5, 0.6) is 0 Å². The van der Waals surface area contributed by atoms with Crippen molar-refractivity contribution in [2.75, 3.05) is 0 Å². The summed E-state index contributed by atoms with van der Waals surface area (Å²) in [6.07, 6.45) is 5.87. The summed E-state index contributed by atoms with van der Waals surface area (Å²) in [7, 11) is -3.81. The predicted octanol–water partition coefficient (Wildman–Crippen LogP) is 0.120. The second kappa shape index (κ2) is 5.68. The van der Waals surface area contributed by atoms with E-state index in [-0.39, 0.29) is 17.5 Å². The van der Waals surface area contributed by atoms with Gasteiger partial charge in [0.25, 0.3) is 10.0 Å². The highest BCUT2D eigenvalue weighted by molar-refractivity contribution is 7.89. The topological polar surface area (TPSA) is 111 Å². The van der Waals surface area contributed by atoms with Crippen LogP contribution in [-0.2, 0) is 26.2 Å². The van der Waals surface area contributed by atoms with Gasteiger partial charge in [0.2, 0.25) is 0 Å². The number of hydrogen-bond acceptors (Lipinski definition) is 5. The number of carbonyl (C=O) groups is 1. The van der Waals surface area contributed by atoms with Crippen LogP contribution in [0.25, 0.3) is 0 Å². The van der Waals surface area contributed by atoms with Crippen LogP contribution in [0.3, 0.4) is 0 Å². The molecular formula is C10H15N3O5S. The minimum atomic E-state index is -3.81. The van der Waals surface area contributed by atoms with Gasteiger partial charge >= 0.3 is 5.97 Å². The molecule has 1 fully saturated rings. The number of hydrogen-bond donors (Lipinski definition) is 2. The molecule has 19 heavy (non-hydrogen) atoms. The van der Waals surface area contributed by atoms with E-state index in [1.165, 1.54) is 0 Å². The van der Waals surface area contributed by atoms with Crippen LogP contribution in [0.15, 0.2) is 17.3 Å². The fourth-order valence-corrected chi connectivity index (χ4v) is 2.70. The highest BCUT2D eigenvalue weighted by Gasteiger charge is 2.22. The quantitative estimate of drug-likeness (QED) is 0.720. The summed E-state index contributed by atoms with van der Waals surface area (Å²) in [6, 6.07) is 0. The van der Waals surface area contributed by atoms with Crippen LogP contribution < -0.4 is 4.89 Å². The first-order chi connectivity index (χ1) is 8.97. The third kappa shape index (κ3) is 3.75. The number of aliphatic carboxylic acids is 1. The van der Waals surface area contributed by atoms with Crippen molar-refractivity contribution >= 4 is 16.0 Å². The Balaban J connectivity index is 1.98. The van der Waals surface area contributed by atoms with E-state index < -0.39 is 16.0 Å². The Morgan fingerprint density at radius 3 is 2.84 bits per heavy atom. The molecule has 0 atom stereocenters. The van der Waals surface area contributed by atoms with Crippen LogP contribution in [0.2, 0.25) is 0 Å². The minimum absolute atomic E-state index is 0.0937. The number of sulfonamides is 1. The Morgan fingerprint density at radius 1 is 1.53 bits per heavy atom. The maximum absolute atomic E-state index is 11.9. The summed E-state index contributed by atoms with van der Waals surface area (Å²) >= 11 is 0. The van der Waals surface area contributed by atoms with E-state index in [2.05, 4.69) is 9.98 Å². The molecule has 1 saturated carbocycles. The maximum Gasteiger partial charge on any atom is 0.325 e. The van der Waals surface area contributed by atoms with Gasteiger partial charge in [-0.05, 0) is 12.8 Å². The van der Waals surface area contributed by atoms with Crippen molar-refractivity contribution in [3.05, 3.63) is 12.4 Å². The number of rotatable bonds is 6. The molecule has 1 aromatic rings. The van der Waals surface area contributed by atoms with Crippen molar-refractivity contribution in [1.82, 2.24) is 14.7 Å². The van der Waals surface area contributed by atoms with E-state index in [0.29, 0.717) is 0 Å². The lowest BCUT2D eigenvalue weighted by atomic mass is 10.3. The Kier molecular flexibility index (Phi) is 4.17. The highest BCUT2D eigenvalue weighted by atomic mass is 32.2. The predicted molar refractivity (Wildman–Crippen MR) is 63.5 cm³/mol. The molecule has 2 N–H and O–H groups in total. The summed E-state index contributed by atoms with van der Waals surface area (Å²) in [4.78, 5) is 17.5. The molecule has 0 unspecified atom stereocenters. The molecule has 0 spiro atoms. The Bertz CT molecular complexity index is 547. The largest absolute Gasteiger partial charge is 0.480 e. The number of carboxylic acids is 1. The molecule has 2 rings (SSSR count). The lowest BCUT2D eigenvalue weighted by molar-refractivity contribution is -0.137. The fraction of sp³-hybridized carbons (Fsp3) is 0.600. The molecule has 1 heterocycles. The fourth-order valence-electron chi connectivity index (χ4n) is 1.89. The molecule has 0 saturated heterocycles. The summed E-state index contributed by atoms with van der Waals surface area (Å²) in [5.41, 5.74) is 0. The van der Waals surface area contributed by atoms with Gasteiger partial charge in [0.15, 0.2) is 0 Å². The first kappa shape index (κ1) is 14.0. The average Bonchev–Trinajstić information content (AvgIpc) is 2.96. The molecule has 0 aliphatic heterocycles. The molecule has 8 nitrogen and oxygen atoms in total. The van der Waals surface area contributed by atoms with Crippen molar-refractivity contribution in [2.24, 2.45) is 0 Å². The molecule has 1 aromatic heterocycles. The zero-order chi connectivity index (χ0) is 13.9. The van der Waals surface area contributed by atoms with Crippen LogP contribution in [0.4, 0.5) is 0 Å². The monoisotopic (exact) mass is 289 g/mol. The number of nitrogens with zero attached hydrogens (tertiary/aromatic N) is 2. The van der Waals surface area contributed by atoms with Gasteiger partial charge in [-0.15, -0.1) is 0 Å². The van der Waals surface area contributed by atoms with E-state index in [9.17, 15) is 13.2 Å². The molecule has 1 aliphatic rings. The summed E-state index contributed by atoms with van der Waals surface area (Å²) in [6.45, 7) is -0.390. The summed E-state index contributed by atoms with van der Waals surface area (Å²) < 4.78 is 24.7. The zero-order valence-electron chi connectivity index (χ0n) is 10.2. The Morgan fingerprint density at radius 2 is 2.21 bits per heavy atom. The van der Waals surface area contributed by atoms with Gasteiger partial charge in [-0.3, -0.25) is 14.3 Å². The number of nitrogens with one attached hydrogen (secondary N) is 1. The Hall–Kier alpha value is -1.45. The van der Waals surface area contributed by atoms with E-state index in [1.54, 1.807) is 0 Å². The van der Waals surface area contributed by atoms with Gasteiger partial charge in [0.1, 0.15) is 11.4 Å². The van der Waals surface area contributed by atoms with Crippen LogP contribution in [0, 0.1) is 0 Å². The van der Waals surface area contributed by atoms with Gasteiger partial charge < -0.3 is 5.11 Å². The molecule has 106 valence electrons. The first-order valence-corrected chi connectivity index (χ1v) is 7.37. The van der Waals surface area contributed by atoms with Crippen molar-refractivity contribution in [1.29, 1.82) is 0 Å². The van der Waals surface area contributed by atoms with Gasteiger partial charge in [-0.2, -0.15) is 5.10 Å². The standard InChI is InChI=1S/C10H15N3O5S/c14-10(15)7-13-6-9(5-11-13)19(16,17)12-18-8-3-1-2-4-8/h5-6,8,12H,1-4,7H2,(H,14,15). The Labute approximate surface area is 110 Å². The van der Waals surface area contributed by atoms with Crippen molar-refractivity contribution < 1.29 is 23.2 Å². The molecular weight excluding hydrogens is 274 g/mol. The van der Waals surface area contributed by atoms with E-state index in [0.717, 1.165) is 42.8 Å². The van der Waals surface area contributed by atoms with Crippen LogP contribution >= 0.6 is 0 Å². The van der Waals surface area contributed by atoms with Crippen molar-refractivity contribution in [3.63, 3.8) is 0 Å². The lowest BCUT2D eigenvalue weighted by Crippen LogP contribution is -2.28. The molecule has 0 amide bonds. The molecule has 0 aromatic carbocycles. The molecule has 0 radical (unpaired) electrons. The van der Waals surface area contributed by atoms with E-state index in [1.807, 2.05) is 0 Å². The number of aromatic nitrogens is 2. The van der Waals surface area contributed by atoms with Crippen molar-refractivity contribution in [2.45, 2.75) is 43.2 Å². The first-order valence-electron chi connectivity index (χ1n) is 5.89. The minimum Gasteiger partial charge on any atom is -0.480 e. The number of carboxylic acid groups (broad SMARTS) is 1. The van der Waals surface area contributed by atoms with Gasteiger partial charge in [-0.1, -0.05) is 17.7 Å². The van der Waals surface area contributed by atoms with Gasteiger partial charge in [0, 0.05) is 6.20 Å². The van der Waals surface area contributed by atoms with Crippen molar-refractivity contribution in [3.8, 4) is 0 Å². The van der Waals surface area contributed by atoms with Crippen LogP contribution in [-0.4, -0.2) is 35.4 Å². The zero-order valence-corrected chi connectivity index (χ0v) is 11.0. The molecule has 0 bridgehead atoms. The van der Waals surface area contributed by atoms with Gasteiger partial charge in [-0.25, -0.2) is 8.42 Å². The molecule has 1 aliphatic carbocycles. The van der Waals surface area contributed by atoms with E-state index >= 15 is 0 Å². The normalized spacial score (nSPS) is 16.8. The summed E-state index contributed by atoms with van der Waals surface area (Å²) in [5.74, 6) is -1.10.